The Morgan fingerprint density at radius 1 is 1.30 bits per heavy atom. The highest BCUT2D eigenvalue weighted by Crippen LogP contribution is 2.31. The number of amides is 1. The minimum Gasteiger partial charge on any atom is -0.300 e. The summed E-state index contributed by atoms with van der Waals surface area (Å²) in [6.07, 6.45) is 0. The van der Waals surface area contributed by atoms with E-state index in [1.54, 1.807) is 26.0 Å². The van der Waals surface area contributed by atoms with Crippen LogP contribution in [0.25, 0.3) is 11.3 Å². The molecule has 2 heterocycles. The fourth-order valence-corrected chi connectivity index (χ4v) is 3.70. The minimum atomic E-state index is -0.491. The molecule has 2 aromatic heterocycles. The monoisotopic (exact) mass is 405 g/mol. The zero-order chi connectivity index (χ0) is 19.7. The molecule has 0 atom stereocenters. The molecule has 27 heavy (non-hydrogen) atoms. The molecule has 0 fully saturated rings. The van der Waals surface area contributed by atoms with Crippen LogP contribution in [0.15, 0.2) is 24.3 Å². The van der Waals surface area contributed by atoms with Crippen molar-refractivity contribution in [2.24, 2.45) is 0 Å². The van der Waals surface area contributed by atoms with Crippen molar-refractivity contribution in [2.75, 3.05) is 5.32 Å². The lowest BCUT2D eigenvalue weighted by Crippen LogP contribution is -2.20. The van der Waals surface area contributed by atoms with Gasteiger partial charge in [0.25, 0.3) is 0 Å². The summed E-state index contributed by atoms with van der Waals surface area (Å²) in [5, 5.41) is 19.0. The van der Waals surface area contributed by atoms with Gasteiger partial charge < -0.3 is 5.32 Å². The van der Waals surface area contributed by atoms with Crippen molar-refractivity contribution in [2.45, 2.75) is 27.3 Å². The van der Waals surface area contributed by atoms with Crippen LogP contribution in [-0.2, 0) is 11.3 Å². The molecule has 1 N–H and O–H groups in total. The van der Waals surface area contributed by atoms with Gasteiger partial charge in [-0.05, 0) is 32.9 Å². The van der Waals surface area contributed by atoms with Crippen molar-refractivity contribution in [1.82, 2.24) is 14.8 Å². The van der Waals surface area contributed by atoms with Crippen LogP contribution in [0.3, 0.4) is 0 Å². The second-order valence-electron chi connectivity index (χ2n) is 5.91. The molecule has 8 nitrogen and oxygen atoms in total. The number of aryl methyl sites for hydroxylation is 2. The Balaban J connectivity index is 1.76. The standard InChI is InChI=1S/C17H16ClN5O3S/c1-9-16(23(25)26)10(2)22(21-9)8-14(24)19-17-20-15(11(3)27-17)12-4-6-13(18)7-5-12/h4-7H,8H2,1-3H3,(H,19,20,24). The summed E-state index contributed by atoms with van der Waals surface area (Å²) in [7, 11) is 0. The maximum atomic E-state index is 12.3. The second kappa shape index (κ2) is 7.45. The molecule has 1 aromatic carbocycles. The third-order valence-corrected chi connectivity index (χ3v) is 5.12. The molecule has 0 aliphatic rings. The molecule has 0 saturated heterocycles. The molecule has 3 rings (SSSR count). The molecule has 0 aliphatic carbocycles. The van der Waals surface area contributed by atoms with Crippen molar-refractivity contribution in [1.29, 1.82) is 0 Å². The first-order valence-corrected chi connectivity index (χ1v) is 9.17. The SMILES string of the molecule is Cc1nn(CC(=O)Nc2nc(-c3ccc(Cl)cc3)c(C)s2)c(C)c1[N+](=O)[O-]. The summed E-state index contributed by atoms with van der Waals surface area (Å²) in [6, 6.07) is 7.29. The number of benzene rings is 1. The van der Waals surface area contributed by atoms with E-state index in [0.29, 0.717) is 15.8 Å². The Hall–Kier alpha value is -2.78. The Morgan fingerprint density at radius 3 is 2.56 bits per heavy atom. The fraction of sp³-hybridized carbons (Fsp3) is 0.235. The number of nitrogens with one attached hydrogen (secondary N) is 1. The van der Waals surface area contributed by atoms with Gasteiger partial charge in [-0.25, -0.2) is 4.98 Å². The molecule has 0 unspecified atom stereocenters. The number of carbonyl (C=O) groups excluding carboxylic acids is 1. The molecule has 10 heteroatoms. The van der Waals surface area contributed by atoms with E-state index in [2.05, 4.69) is 15.4 Å². The Bertz CT molecular complexity index is 1030. The van der Waals surface area contributed by atoms with Crippen molar-refractivity contribution in [3.8, 4) is 11.3 Å². The highest BCUT2D eigenvalue weighted by atomic mass is 35.5. The summed E-state index contributed by atoms with van der Waals surface area (Å²) in [5.74, 6) is -0.355. The molecular formula is C17H16ClN5O3S. The molecule has 3 aromatic rings. The lowest BCUT2D eigenvalue weighted by Gasteiger charge is -2.03. The summed E-state index contributed by atoms with van der Waals surface area (Å²) in [4.78, 5) is 28.3. The van der Waals surface area contributed by atoms with Gasteiger partial charge in [-0.15, -0.1) is 11.3 Å². The number of rotatable bonds is 5. The number of halogens is 1. The maximum Gasteiger partial charge on any atom is 0.312 e. The number of aromatic nitrogens is 3. The highest BCUT2D eigenvalue weighted by molar-refractivity contribution is 7.16. The van der Waals surface area contributed by atoms with Crippen LogP contribution in [0.4, 0.5) is 10.8 Å². The van der Waals surface area contributed by atoms with Crippen molar-refractivity contribution in [3.63, 3.8) is 0 Å². The first kappa shape index (κ1) is 19.0. The number of anilines is 1. The van der Waals surface area contributed by atoms with Gasteiger partial charge in [-0.1, -0.05) is 23.7 Å². The third kappa shape index (κ3) is 3.99. The molecule has 0 aliphatic heterocycles. The van der Waals surface area contributed by atoms with E-state index < -0.39 is 4.92 Å². The molecule has 0 radical (unpaired) electrons. The van der Waals surface area contributed by atoms with Gasteiger partial charge in [-0.3, -0.25) is 19.6 Å². The van der Waals surface area contributed by atoms with Crippen molar-refractivity contribution < 1.29 is 9.72 Å². The topological polar surface area (TPSA) is 103 Å². The average molecular weight is 406 g/mol. The number of hydrogen-bond donors (Lipinski definition) is 1. The average Bonchev–Trinajstić information content (AvgIpc) is 3.07. The van der Waals surface area contributed by atoms with Crippen LogP contribution in [0, 0.1) is 30.9 Å². The van der Waals surface area contributed by atoms with Crippen LogP contribution in [0.1, 0.15) is 16.3 Å². The van der Waals surface area contributed by atoms with Gasteiger partial charge in [0.1, 0.15) is 17.9 Å². The van der Waals surface area contributed by atoms with E-state index in [0.717, 1.165) is 16.1 Å². The zero-order valence-corrected chi connectivity index (χ0v) is 16.4. The maximum absolute atomic E-state index is 12.3. The normalized spacial score (nSPS) is 10.8. The molecular weight excluding hydrogens is 390 g/mol. The number of hydrogen-bond acceptors (Lipinski definition) is 6. The predicted octanol–water partition coefficient (Wildman–Crippen LogP) is 4.13. The summed E-state index contributed by atoms with van der Waals surface area (Å²) in [5.41, 5.74) is 2.22. The Morgan fingerprint density at radius 2 is 1.96 bits per heavy atom. The van der Waals surface area contributed by atoms with Crippen molar-refractivity contribution in [3.05, 3.63) is 55.7 Å². The van der Waals surface area contributed by atoms with Gasteiger partial charge in [0.15, 0.2) is 5.13 Å². The van der Waals surface area contributed by atoms with Crippen LogP contribution < -0.4 is 5.32 Å². The largest absolute Gasteiger partial charge is 0.312 e. The predicted molar refractivity (Wildman–Crippen MR) is 104 cm³/mol. The lowest BCUT2D eigenvalue weighted by atomic mass is 10.1. The first-order chi connectivity index (χ1) is 12.8. The molecule has 0 saturated carbocycles. The summed E-state index contributed by atoms with van der Waals surface area (Å²) in [6.45, 7) is 4.90. The molecule has 0 bridgehead atoms. The van der Waals surface area contributed by atoms with Crippen LogP contribution >= 0.6 is 22.9 Å². The lowest BCUT2D eigenvalue weighted by molar-refractivity contribution is -0.386. The van der Waals surface area contributed by atoms with Gasteiger partial charge in [-0.2, -0.15) is 5.10 Å². The molecule has 140 valence electrons. The number of nitrogens with zero attached hydrogens (tertiary/aromatic N) is 4. The van der Waals surface area contributed by atoms with Crippen LogP contribution in [-0.4, -0.2) is 25.6 Å². The van der Waals surface area contributed by atoms with E-state index in [1.807, 2.05) is 19.1 Å². The van der Waals surface area contributed by atoms with E-state index in [1.165, 1.54) is 16.0 Å². The smallest absolute Gasteiger partial charge is 0.300 e. The first-order valence-electron chi connectivity index (χ1n) is 7.98. The third-order valence-electron chi connectivity index (χ3n) is 3.98. The minimum absolute atomic E-state index is 0.0714. The summed E-state index contributed by atoms with van der Waals surface area (Å²) >= 11 is 7.27. The van der Waals surface area contributed by atoms with Gasteiger partial charge in [0.05, 0.1) is 10.6 Å². The van der Waals surface area contributed by atoms with Gasteiger partial charge in [0, 0.05) is 15.5 Å². The summed E-state index contributed by atoms with van der Waals surface area (Å²) < 4.78 is 1.32. The number of carbonyl (C=O) groups is 1. The second-order valence-corrected chi connectivity index (χ2v) is 7.55. The number of thiazole rings is 1. The Labute approximate surface area is 164 Å². The van der Waals surface area contributed by atoms with E-state index in [9.17, 15) is 14.9 Å². The van der Waals surface area contributed by atoms with Gasteiger partial charge >= 0.3 is 5.69 Å². The Kier molecular flexibility index (Phi) is 5.24. The fourth-order valence-electron chi connectivity index (χ4n) is 2.73. The van der Waals surface area contributed by atoms with E-state index >= 15 is 0 Å². The molecule has 1 amide bonds. The molecule has 0 spiro atoms. The quantitative estimate of drug-likeness (QED) is 0.507. The number of nitro groups is 1. The van der Waals surface area contributed by atoms with Crippen LogP contribution in [0.2, 0.25) is 5.02 Å². The van der Waals surface area contributed by atoms with Crippen LogP contribution in [0.5, 0.6) is 0 Å². The van der Waals surface area contributed by atoms with E-state index in [4.69, 9.17) is 11.6 Å². The van der Waals surface area contributed by atoms with E-state index in [-0.39, 0.29) is 23.8 Å². The van der Waals surface area contributed by atoms with Crippen molar-refractivity contribution >= 4 is 39.7 Å². The highest BCUT2D eigenvalue weighted by Gasteiger charge is 2.23. The zero-order valence-electron chi connectivity index (χ0n) is 14.8. The van der Waals surface area contributed by atoms with Gasteiger partial charge in [0.2, 0.25) is 5.91 Å².